The molecule has 0 spiro atoms. The van der Waals surface area contributed by atoms with Crippen LogP contribution >= 0.6 is 11.6 Å². The molecule has 0 fully saturated rings. The van der Waals surface area contributed by atoms with Crippen molar-refractivity contribution in [3.63, 3.8) is 0 Å². The quantitative estimate of drug-likeness (QED) is 0.817. The number of hydrogen-bond donors (Lipinski definition) is 1. The van der Waals surface area contributed by atoms with Gasteiger partial charge in [-0.25, -0.2) is 4.79 Å². The fourth-order valence-electron chi connectivity index (χ4n) is 1.26. The molecule has 82 valence electrons. The summed E-state index contributed by atoms with van der Waals surface area (Å²) in [4.78, 5) is 10.8. The third kappa shape index (κ3) is 2.01. The third-order valence-electron chi connectivity index (χ3n) is 1.99. The van der Waals surface area contributed by atoms with Crippen LogP contribution in [0, 0.1) is 0 Å². The van der Waals surface area contributed by atoms with Gasteiger partial charge in [-0.2, -0.15) is 0 Å². The summed E-state index contributed by atoms with van der Waals surface area (Å²) < 4.78 is 10.3. The summed E-state index contributed by atoms with van der Waals surface area (Å²) in [6.45, 7) is 0. The van der Waals surface area contributed by atoms with E-state index >= 15 is 0 Å². The Morgan fingerprint density at radius 3 is 2.94 bits per heavy atom. The number of carbonyl (C=O) groups is 1. The summed E-state index contributed by atoms with van der Waals surface area (Å²) in [5, 5.41) is 8.83. The molecule has 0 radical (unpaired) electrons. The highest BCUT2D eigenvalue weighted by Crippen LogP contribution is 2.27. The van der Waals surface area contributed by atoms with E-state index in [1.165, 1.54) is 18.4 Å². The molecule has 16 heavy (non-hydrogen) atoms. The standard InChI is InChI=1S/C11H7ClO4/c12-6-10-15-4-3-7-5-8(11(13)14)1-2-9(7)16-10/h1-6H,(H,13,14)/b10-6+. The van der Waals surface area contributed by atoms with E-state index in [0.29, 0.717) is 11.3 Å². The highest BCUT2D eigenvalue weighted by molar-refractivity contribution is 6.25. The molecular formula is C11H7ClO4. The van der Waals surface area contributed by atoms with Gasteiger partial charge in [0.15, 0.2) is 0 Å². The summed E-state index contributed by atoms with van der Waals surface area (Å²) >= 11 is 5.46. The van der Waals surface area contributed by atoms with Gasteiger partial charge in [-0.3, -0.25) is 0 Å². The number of fused-ring (bicyclic) bond motifs is 1. The van der Waals surface area contributed by atoms with Gasteiger partial charge in [0.05, 0.1) is 17.4 Å². The number of ether oxygens (including phenoxy) is 2. The topological polar surface area (TPSA) is 55.8 Å². The maximum Gasteiger partial charge on any atom is 0.335 e. The van der Waals surface area contributed by atoms with E-state index in [2.05, 4.69) is 0 Å². The first-order valence-corrected chi connectivity index (χ1v) is 4.83. The van der Waals surface area contributed by atoms with E-state index in [1.807, 2.05) is 0 Å². The minimum atomic E-state index is -0.991. The maximum absolute atomic E-state index is 10.8. The predicted molar refractivity (Wildman–Crippen MR) is 58.1 cm³/mol. The SMILES string of the molecule is O=C(O)c1ccc2c(c1)C=CO/C(=C\Cl)O2. The molecule has 0 unspecified atom stereocenters. The lowest BCUT2D eigenvalue weighted by Crippen LogP contribution is -1.99. The molecule has 0 amide bonds. The van der Waals surface area contributed by atoms with Crippen LogP contribution in [0.3, 0.4) is 0 Å². The van der Waals surface area contributed by atoms with Crippen LogP contribution < -0.4 is 4.74 Å². The molecule has 0 atom stereocenters. The monoisotopic (exact) mass is 238 g/mol. The van der Waals surface area contributed by atoms with E-state index < -0.39 is 5.97 Å². The van der Waals surface area contributed by atoms with Gasteiger partial charge in [0.1, 0.15) is 5.75 Å². The largest absolute Gasteiger partial charge is 0.478 e. The van der Waals surface area contributed by atoms with Crippen LogP contribution in [0.25, 0.3) is 6.08 Å². The Kier molecular flexibility index (Phi) is 2.83. The molecule has 1 aromatic carbocycles. The van der Waals surface area contributed by atoms with Crippen LogP contribution in [0.5, 0.6) is 5.75 Å². The van der Waals surface area contributed by atoms with Crippen molar-refractivity contribution >= 4 is 23.6 Å². The van der Waals surface area contributed by atoms with Crippen LogP contribution in [0.2, 0.25) is 0 Å². The first kappa shape index (κ1) is 10.6. The number of benzene rings is 1. The second kappa shape index (κ2) is 4.28. The summed E-state index contributed by atoms with van der Waals surface area (Å²) in [5.41, 5.74) is 1.96. The molecule has 1 aliphatic rings. The number of carboxylic acids is 1. The van der Waals surface area contributed by atoms with Crippen LogP contribution in [-0.2, 0) is 4.74 Å². The van der Waals surface area contributed by atoms with Gasteiger partial charge in [0.2, 0.25) is 0 Å². The molecule has 0 aromatic heterocycles. The van der Waals surface area contributed by atoms with Gasteiger partial charge >= 0.3 is 11.9 Å². The minimum absolute atomic E-state index is 0.139. The first-order chi connectivity index (χ1) is 7.70. The van der Waals surface area contributed by atoms with E-state index in [0.717, 1.165) is 5.54 Å². The van der Waals surface area contributed by atoms with Crippen molar-refractivity contribution < 1.29 is 19.4 Å². The first-order valence-electron chi connectivity index (χ1n) is 4.39. The molecule has 0 saturated carbocycles. The zero-order chi connectivity index (χ0) is 11.5. The molecule has 0 saturated heterocycles. The van der Waals surface area contributed by atoms with Gasteiger partial charge in [0, 0.05) is 5.56 Å². The molecule has 5 heteroatoms. The molecule has 1 aromatic rings. The Morgan fingerprint density at radius 1 is 1.44 bits per heavy atom. The van der Waals surface area contributed by atoms with Crippen molar-refractivity contribution in [3.8, 4) is 5.75 Å². The van der Waals surface area contributed by atoms with Crippen molar-refractivity contribution in [3.05, 3.63) is 47.1 Å². The lowest BCUT2D eigenvalue weighted by atomic mass is 10.1. The molecule has 0 bridgehead atoms. The Labute approximate surface area is 96.4 Å². The predicted octanol–water partition coefficient (Wildman–Crippen LogP) is 2.80. The van der Waals surface area contributed by atoms with Crippen LogP contribution in [-0.4, -0.2) is 11.1 Å². The summed E-state index contributed by atoms with van der Waals surface area (Å²) in [5.74, 6) is -0.361. The molecular weight excluding hydrogens is 232 g/mol. The van der Waals surface area contributed by atoms with Gasteiger partial charge in [-0.1, -0.05) is 11.6 Å². The van der Waals surface area contributed by atoms with Crippen molar-refractivity contribution in [2.24, 2.45) is 0 Å². The summed E-state index contributed by atoms with van der Waals surface area (Å²) in [7, 11) is 0. The average Bonchev–Trinajstić information content (AvgIpc) is 2.49. The van der Waals surface area contributed by atoms with Crippen LogP contribution in [0.1, 0.15) is 15.9 Å². The molecule has 4 nitrogen and oxygen atoms in total. The second-order valence-corrected chi connectivity index (χ2v) is 3.23. The highest BCUT2D eigenvalue weighted by atomic mass is 35.5. The maximum atomic E-state index is 10.8. The Bertz CT molecular complexity index is 491. The van der Waals surface area contributed by atoms with Crippen molar-refractivity contribution in [1.29, 1.82) is 0 Å². The highest BCUT2D eigenvalue weighted by Gasteiger charge is 2.12. The van der Waals surface area contributed by atoms with Gasteiger partial charge < -0.3 is 14.6 Å². The van der Waals surface area contributed by atoms with E-state index in [-0.39, 0.29) is 11.5 Å². The number of aromatic carboxylic acids is 1. The average molecular weight is 239 g/mol. The third-order valence-corrected chi connectivity index (χ3v) is 2.17. The molecule has 0 aliphatic carbocycles. The zero-order valence-corrected chi connectivity index (χ0v) is 8.77. The van der Waals surface area contributed by atoms with Crippen LogP contribution in [0.15, 0.2) is 35.9 Å². The Morgan fingerprint density at radius 2 is 2.25 bits per heavy atom. The minimum Gasteiger partial charge on any atom is -0.478 e. The summed E-state index contributed by atoms with van der Waals surface area (Å²) in [6.07, 6.45) is 2.99. The van der Waals surface area contributed by atoms with Gasteiger partial charge in [0.25, 0.3) is 0 Å². The number of carboxylic acid groups (broad SMARTS) is 1. The Balaban J connectivity index is 2.45. The lowest BCUT2D eigenvalue weighted by Gasteiger charge is -2.07. The lowest BCUT2D eigenvalue weighted by molar-refractivity contribution is 0.0697. The fraction of sp³-hybridized carbons (Fsp3) is 0. The fourth-order valence-corrected chi connectivity index (χ4v) is 1.36. The molecule has 1 heterocycles. The van der Waals surface area contributed by atoms with E-state index in [9.17, 15) is 4.79 Å². The van der Waals surface area contributed by atoms with Crippen molar-refractivity contribution in [1.82, 2.24) is 0 Å². The van der Waals surface area contributed by atoms with E-state index in [1.54, 1.807) is 12.1 Å². The number of rotatable bonds is 1. The second-order valence-electron chi connectivity index (χ2n) is 3.01. The molecule has 2 rings (SSSR count). The number of hydrogen-bond acceptors (Lipinski definition) is 3. The van der Waals surface area contributed by atoms with Crippen molar-refractivity contribution in [2.75, 3.05) is 0 Å². The van der Waals surface area contributed by atoms with Gasteiger partial charge in [-0.15, -0.1) is 0 Å². The van der Waals surface area contributed by atoms with Gasteiger partial charge in [-0.05, 0) is 24.3 Å². The Hall–Kier alpha value is -1.94. The molecule has 1 N–H and O–H groups in total. The summed E-state index contributed by atoms with van der Waals surface area (Å²) in [6, 6.07) is 4.50. The zero-order valence-electron chi connectivity index (χ0n) is 8.01. The van der Waals surface area contributed by atoms with Crippen molar-refractivity contribution in [2.45, 2.75) is 0 Å². The smallest absolute Gasteiger partial charge is 0.335 e. The molecule has 1 aliphatic heterocycles. The van der Waals surface area contributed by atoms with E-state index in [4.69, 9.17) is 26.2 Å². The van der Waals surface area contributed by atoms with Crippen LogP contribution in [0.4, 0.5) is 0 Å². The number of halogens is 1. The normalized spacial score (nSPS) is 15.9.